The molecule has 1 aliphatic carbocycles. The Morgan fingerprint density at radius 3 is 2.76 bits per heavy atom. The van der Waals surface area contributed by atoms with Crippen molar-refractivity contribution in [1.29, 1.82) is 0 Å². The number of amides is 2. The first kappa shape index (κ1) is 12.4. The van der Waals surface area contributed by atoms with Gasteiger partial charge in [0.2, 0.25) is 11.8 Å². The molecule has 0 aromatic rings. The number of carbonyl (C=O) groups excluding carboxylic acids is 2. The van der Waals surface area contributed by atoms with E-state index in [1.807, 2.05) is 4.90 Å². The number of nitrogens with zero attached hydrogens (tertiary/aromatic N) is 1. The Bertz CT molecular complexity index is 329. The highest BCUT2D eigenvalue weighted by Crippen LogP contribution is 2.47. The van der Waals surface area contributed by atoms with Crippen LogP contribution in [-0.2, 0) is 9.59 Å². The summed E-state index contributed by atoms with van der Waals surface area (Å²) in [6, 6.07) is 0. The van der Waals surface area contributed by atoms with Gasteiger partial charge in [-0.3, -0.25) is 9.59 Å². The second-order valence-corrected chi connectivity index (χ2v) is 5.82. The molecule has 1 N–H and O–H groups in total. The first-order valence-corrected chi connectivity index (χ1v) is 6.53. The van der Waals surface area contributed by atoms with Crippen molar-refractivity contribution in [3.8, 4) is 0 Å². The fraction of sp³-hybridized carbons (Fsp3) is 0.846. The van der Waals surface area contributed by atoms with Crippen molar-refractivity contribution in [1.82, 2.24) is 10.2 Å². The van der Waals surface area contributed by atoms with E-state index in [9.17, 15) is 9.59 Å². The summed E-state index contributed by atoms with van der Waals surface area (Å²) in [6.45, 7) is 5.66. The Morgan fingerprint density at radius 2 is 2.18 bits per heavy atom. The zero-order valence-corrected chi connectivity index (χ0v) is 10.8. The maximum absolute atomic E-state index is 11.9. The van der Waals surface area contributed by atoms with Crippen molar-refractivity contribution in [3.63, 3.8) is 0 Å². The molecule has 0 unspecified atom stereocenters. The number of likely N-dealkylation sites (tertiary alicyclic amines) is 1. The Hall–Kier alpha value is -1.06. The minimum absolute atomic E-state index is 0.0663. The van der Waals surface area contributed by atoms with Crippen molar-refractivity contribution in [2.24, 2.45) is 11.3 Å². The maximum atomic E-state index is 11.9. The summed E-state index contributed by atoms with van der Waals surface area (Å²) < 4.78 is 0. The maximum Gasteiger partial charge on any atom is 0.241 e. The Morgan fingerprint density at radius 1 is 1.41 bits per heavy atom. The van der Waals surface area contributed by atoms with E-state index >= 15 is 0 Å². The molecule has 2 amide bonds. The predicted octanol–water partition coefficient (Wildman–Crippen LogP) is 1.16. The van der Waals surface area contributed by atoms with E-state index in [0.29, 0.717) is 5.41 Å². The van der Waals surface area contributed by atoms with Gasteiger partial charge in [-0.25, -0.2) is 0 Å². The van der Waals surface area contributed by atoms with Crippen LogP contribution in [0.15, 0.2) is 0 Å². The quantitative estimate of drug-likeness (QED) is 0.785. The van der Waals surface area contributed by atoms with Crippen molar-refractivity contribution in [2.45, 2.75) is 39.5 Å². The van der Waals surface area contributed by atoms with Gasteiger partial charge in [0.05, 0.1) is 6.54 Å². The molecule has 1 saturated heterocycles. The first-order valence-electron chi connectivity index (χ1n) is 6.53. The molecule has 96 valence electrons. The van der Waals surface area contributed by atoms with Crippen LogP contribution in [0.25, 0.3) is 0 Å². The molecule has 4 nitrogen and oxygen atoms in total. The molecule has 2 fully saturated rings. The molecule has 0 radical (unpaired) electrons. The Balaban J connectivity index is 1.85. The van der Waals surface area contributed by atoms with Gasteiger partial charge in [-0.15, -0.1) is 0 Å². The largest absolute Gasteiger partial charge is 0.347 e. The second kappa shape index (κ2) is 4.67. The zero-order valence-electron chi connectivity index (χ0n) is 10.8. The molecule has 2 aliphatic rings. The zero-order chi connectivity index (χ0) is 12.5. The van der Waals surface area contributed by atoms with Crippen molar-refractivity contribution >= 4 is 11.8 Å². The molecular formula is C13H22N2O2. The van der Waals surface area contributed by atoms with Crippen molar-refractivity contribution in [3.05, 3.63) is 0 Å². The smallest absolute Gasteiger partial charge is 0.241 e. The highest BCUT2D eigenvalue weighted by molar-refractivity contribution is 5.83. The Labute approximate surface area is 103 Å². The molecule has 1 saturated carbocycles. The lowest BCUT2D eigenvalue weighted by molar-refractivity contribution is -0.131. The van der Waals surface area contributed by atoms with Crippen LogP contribution >= 0.6 is 0 Å². The highest BCUT2D eigenvalue weighted by Gasteiger charge is 2.43. The average molecular weight is 238 g/mol. The molecule has 1 heterocycles. The molecule has 0 aromatic heterocycles. The molecule has 1 spiro atoms. The number of hydrogen-bond donors (Lipinski definition) is 1. The highest BCUT2D eigenvalue weighted by atomic mass is 16.2. The fourth-order valence-electron chi connectivity index (χ4n) is 3.33. The lowest BCUT2D eigenvalue weighted by Gasteiger charge is -2.24. The van der Waals surface area contributed by atoms with Crippen molar-refractivity contribution in [2.75, 3.05) is 19.6 Å². The number of carbonyl (C=O) groups is 2. The van der Waals surface area contributed by atoms with E-state index in [4.69, 9.17) is 0 Å². The van der Waals surface area contributed by atoms with Gasteiger partial charge in [0.25, 0.3) is 0 Å². The molecular weight excluding hydrogens is 216 g/mol. The second-order valence-electron chi connectivity index (χ2n) is 5.82. The van der Waals surface area contributed by atoms with Crippen LogP contribution in [0, 0.1) is 11.3 Å². The molecule has 0 aromatic carbocycles. The first-order chi connectivity index (χ1) is 8.01. The summed E-state index contributed by atoms with van der Waals surface area (Å²) in [5.74, 6) is 0.735. The molecule has 1 aliphatic heterocycles. The normalized spacial score (nSPS) is 32.1. The predicted molar refractivity (Wildman–Crippen MR) is 65.3 cm³/mol. The van der Waals surface area contributed by atoms with E-state index in [0.717, 1.165) is 25.4 Å². The van der Waals surface area contributed by atoms with Crippen LogP contribution < -0.4 is 5.32 Å². The summed E-state index contributed by atoms with van der Waals surface area (Å²) in [7, 11) is 0. The van der Waals surface area contributed by atoms with Crippen LogP contribution in [0.1, 0.15) is 39.5 Å². The van der Waals surface area contributed by atoms with E-state index in [1.165, 1.54) is 26.2 Å². The SMILES string of the molecule is CC(=O)NCC(=O)N1CC[C@]2(CC[C@@H](C)C2)C1. The van der Waals surface area contributed by atoms with Crippen LogP contribution in [0.5, 0.6) is 0 Å². The fourth-order valence-corrected chi connectivity index (χ4v) is 3.33. The molecule has 0 bridgehead atoms. The summed E-state index contributed by atoms with van der Waals surface area (Å²) >= 11 is 0. The molecule has 2 rings (SSSR count). The van der Waals surface area contributed by atoms with Gasteiger partial charge in [0.15, 0.2) is 0 Å². The van der Waals surface area contributed by atoms with Gasteiger partial charge in [0.1, 0.15) is 0 Å². The van der Waals surface area contributed by atoms with Crippen molar-refractivity contribution < 1.29 is 9.59 Å². The van der Waals surface area contributed by atoms with Gasteiger partial charge < -0.3 is 10.2 Å². The summed E-state index contributed by atoms with van der Waals surface area (Å²) in [4.78, 5) is 24.6. The number of rotatable bonds is 2. The topological polar surface area (TPSA) is 49.4 Å². The minimum Gasteiger partial charge on any atom is -0.347 e. The third-order valence-corrected chi connectivity index (χ3v) is 4.23. The molecule has 4 heteroatoms. The van der Waals surface area contributed by atoms with Crippen LogP contribution in [-0.4, -0.2) is 36.3 Å². The summed E-state index contributed by atoms with van der Waals surface area (Å²) in [5.41, 5.74) is 0.394. The molecule has 17 heavy (non-hydrogen) atoms. The van der Waals surface area contributed by atoms with Crippen LogP contribution in [0.4, 0.5) is 0 Å². The number of nitrogens with one attached hydrogen (secondary N) is 1. The lowest BCUT2D eigenvalue weighted by Crippen LogP contribution is -2.39. The van der Waals surface area contributed by atoms with E-state index in [2.05, 4.69) is 12.2 Å². The van der Waals surface area contributed by atoms with Crippen LogP contribution in [0.3, 0.4) is 0 Å². The summed E-state index contributed by atoms with van der Waals surface area (Å²) in [6.07, 6.45) is 4.96. The monoisotopic (exact) mass is 238 g/mol. The van der Waals surface area contributed by atoms with Gasteiger partial charge in [0, 0.05) is 20.0 Å². The standard InChI is InChI=1S/C13H22N2O2/c1-10-3-4-13(7-10)5-6-15(9-13)12(17)8-14-11(2)16/h10H,3-9H2,1-2H3,(H,14,16)/t10-,13+/m1/s1. The van der Waals surface area contributed by atoms with E-state index < -0.39 is 0 Å². The number of hydrogen-bond acceptors (Lipinski definition) is 2. The lowest BCUT2D eigenvalue weighted by atomic mass is 9.85. The van der Waals surface area contributed by atoms with Gasteiger partial charge in [-0.2, -0.15) is 0 Å². The third kappa shape index (κ3) is 2.79. The third-order valence-electron chi connectivity index (χ3n) is 4.23. The Kier molecular flexibility index (Phi) is 3.40. The van der Waals surface area contributed by atoms with Crippen LogP contribution in [0.2, 0.25) is 0 Å². The average Bonchev–Trinajstić information content (AvgIpc) is 2.83. The van der Waals surface area contributed by atoms with E-state index in [1.54, 1.807) is 0 Å². The molecule has 2 atom stereocenters. The van der Waals surface area contributed by atoms with Gasteiger partial charge in [-0.05, 0) is 30.6 Å². The van der Waals surface area contributed by atoms with Gasteiger partial charge >= 0.3 is 0 Å². The summed E-state index contributed by atoms with van der Waals surface area (Å²) in [5, 5.41) is 2.58. The minimum atomic E-state index is -0.137. The van der Waals surface area contributed by atoms with E-state index in [-0.39, 0.29) is 18.4 Å². The van der Waals surface area contributed by atoms with Gasteiger partial charge in [-0.1, -0.05) is 13.3 Å².